The predicted molar refractivity (Wildman–Crippen MR) is 81.0 cm³/mol. The molecule has 2 aromatic heterocycles. The standard InChI is InChI=1S/C13H20ClN5O2/c1-3-20-9-7-18(8-10-21-4-2)12-6-5-11-15-16-13(14)19(11)17-12/h5-6H,3-4,7-10H2,1-2H3. The van der Waals surface area contributed by atoms with Crippen LogP contribution < -0.4 is 4.90 Å². The lowest BCUT2D eigenvalue weighted by Gasteiger charge is -2.23. The molecule has 0 N–H and O–H groups in total. The third-order valence-corrected chi connectivity index (χ3v) is 3.19. The van der Waals surface area contributed by atoms with E-state index in [2.05, 4.69) is 20.2 Å². The van der Waals surface area contributed by atoms with E-state index in [0.29, 0.717) is 32.1 Å². The van der Waals surface area contributed by atoms with Crippen molar-refractivity contribution >= 4 is 23.1 Å². The van der Waals surface area contributed by atoms with E-state index in [9.17, 15) is 0 Å². The minimum absolute atomic E-state index is 0.251. The van der Waals surface area contributed by atoms with Crippen molar-refractivity contribution in [3.8, 4) is 0 Å². The molecule has 2 heterocycles. The lowest BCUT2D eigenvalue weighted by atomic mass is 10.4. The van der Waals surface area contributed by atoms with Gasteiger partial charge in [-0.05, 0) is 37.6 Å². The van der Waals surface area contributed by atoms with Gasteiger partial charge in [-0.3, -0.25) is 0 Å². The SMILES string of the molecule is CCOCCN(CCOCC)c1ccc2nnc(Cl)n2n1. The second-order valence-electron chi connectivity index (χ2n) is 4.31. The van der Waals surface area contributed by atoms with Gasteiger partial charge in [0, 0.05) is 26.3 Å². The van der Waals surface area contributed by atoms with E-state index in [1.807, 2.05) is 26.0 Å². The highest BCUT2D eigenvalue weighted by Crippen LogP contribution is 2.14. The molecule has 0 saturated heterocycles. The zero-order chi connectivity index (χ0) is 15.1. The van der Waals surface area contributed by atoms with Crippen LogP contribution in [0.15, 0.2) is 12.1 Å². The van der Waals surface area contributed by atoms with E-state index in [0.717, 1.165) is 18.9 Å². The molecule has 116 valence electrons. The number of nitrogens with zero attached hydrogens (tertiary/aromatic N) is 5. The monoisotopic (exact) mass is 313 g/mol. The maximum absolute atomic E-state index is 5.96. The Labute approximate surface area is 128 Å². The molecule has 0 fully saturated rings. The van der Waals surface area contributed by atoms with Crippen molar-refractivity contribution in [3.63, 3.8) is 0 Å². The average Bonchev–Trinajstić information content (AvgIpc) is 2.87. The molecule has 0 bridgehead atoms. The fraction of sp³-hybridized carbons (Fsp3) is 0.615. The third-order valence-electron chi connectivity index (χ3n) is 2.95. The second-order valence-corrected chi connectivity index (χ2v) is 4.65. The molecule has 0 saturated carbocycles. The summed E-state index contributed by atoms with van der Waals surface area (Å²) in [5, 5.41) is 12.4. The minimum atomic E-state index is 0.251. The molecule has 0 atom stereocenters. The first-order valence-electron chi connectivity index (χ1n) is 7.04. The highest BCUT2D eigenvalue weighted by molar-refractivity contribution is 6.28. The number of fused-ring (bicyclic) bond motifs is 1. The molecular formula is C13H20ClN5O2. The van der Waals surface area contributed by atoms with Gasteiger partial charge in [-0.15, -0.1) is 15.3 Å². The van der Waals surface area contributed by atoms with Gasteiger partial charge in [0.1, 0.15) is 5.82 Å². The summed E-state index contributed by atoms with van der Waals surface area (Å²) >= 11 is 5.96. The molecule has 2 aromatic rings. The van der Waals surface area contributed by atoms with Crippen molar-refractivity contribution in [2.24, 2.45) is 0 Å². The molecule has 0 aromatic carbocycles. The van der Waals surface area contributed by atoms with Crippen LogP contribution in [-0.2, 0) is 9.47 Å². The summed E-state index contributed by atoms with van der Waals surface area (Å²) in [5.41, 5.74) is 0.623. The van der Waals surface area contributed by atoms with E-state index in [4.69, 9.17) is 21.1 Å². The number of ether oxygens (including phenoxy) is 2. The van der Waals surface area contributed by atoms with E-state index in [1.165, 1.54) is 4.52 Å². The number of hydrogen-bond donors (Lipinski definition) is 0. The number of anilines is 1. The second kappa shape index (κ2) is 8.11. The van der Waals surface area contributed by atoms with E-state index in [-0.39, 0.29) is 5.28 Å². The summed E-state index contributed by atoms with van der Waals surface area (Å²) in [5.74, 6) is 0.795. The van der Waals surface area contributed by atoms with Gasteiger partial charge < -0.3 is 14.4 Å². The molecule has 21 heavy (non-hydrogen) atoms. The lowest BCUT2D eigenvalue weighted by molar-refractivity contribution is 0.141. The van der Waals surface area contributed by atoms with E-state index < -0.39 is 0 Å². The topological polar surface area (TPSA) is 64.8 Å². The first-order valence-corrected chi connectivity index (χ1v) is 7.42. The maximum Gasteiger partial charge on any atom is 0.246 e. The highest BCUT2D eigenvalue weighted by Gasteiger charge is 2.11. The summed E-state index contributed by atoms with van der Waals surface area (Å²) in [6.45, 7) is 8.10. The minimum Gasteiger partial charge on any atom is -0.380 e. The number of aromatic nitrogens is 4. The molecule has 0 spiro atoms. The van der Waals surface area contributed by atoms with Crippen LogP contribution in [0.4, 0.5) is 5.82 Å². The van der Waals surface area contributed by atoms with Crippen LogP contribution in [0.2, 0.25) is 5.28 Å². The van der Waals surface area contributed by atoms with Gasteiger partial charge in [-0.1, -0.05) is 0 Å². The Morgan fingerprint density at radius 1 is 1.10 bits per heavy atom. The van der Waals surface area contributed by atoms with Crippen LogP contribution in [0.1, 0.15) is 13.8 Å². The highest BCUT2D eigenvalue weighted by atomic mass is 35.5. The molecule has 0 aliphatic carbocycles. The summed E-state index contributed by atoms with van der Waals surface area (Å²) in [6, 6.07) is 3.74. The normalized spacial score (nSPS) is 11.2. The Morgan fingerprint density at radius 2 is 1.76 bits per heavy atom. The quantitative estimate of drug-likeness (QED) is 0.656. The van der Waals surface area contributed by atoms with Crippen molar-refractivity contribution in [1.29, 1.82) is 0 Å². The Balaban J connectivity index is 2.13. The zero-order valence-corrected chi connectivity index (χ0v) is 13.1. The fourth-order valence-electron chi connectivity index (χ4n) is 1.90. The van der Waals surface area contributed by atoms with Crippen LogP contribution >= 0.6 is 11.6 Å². The van der Waals surface area contributed by atoms with Gasteiger partial charge >= 0.3 is 0 Å². The fourth-order valence-corrected chi connectivity index (χ4v) is 2.06. The Kier molecular flexibility index (Phi) is 6.16. The van der Waals surface area contributed by atoms with Gasteiger partial charge in [-0.25, -0.2) is 0 Å². The Morgan fingerprint density at radius 3 is 2.38 bits per heavy atom. The molecule has 0 amide bonds. The molecule has 0 aliphatic rings. The van der Waals surface area contributed by atoms with Gasteiger partial charge in [0.15, 0.2) is 5.65 Å². The zero-order valence-electron chi connectivity index (χ0n) is 12.3. The Hall–Kier alpha value is -1.44. The third kappa shape index (κ3) is 4.26. The summed E-state index contributed by atoms with van der Waals surface area (Å²) in [7, 11) is 0. The van der Waals surface area contributed by atoms with Crippen LogP contribution in [0.5, 0.6) is 0 Å². The van der Waals surface area contributed by atoms with Crippen molar-refractivity contribution < 1.29 is 9.47 Å². The summed E-state index contributed by atoms with van der Waals surface area (Å²) in [4.78, 5) is 2.10. The van der Waals surface area contributed by atoms with Gasteiger partial charge in [0.05, 0.1) is 13.2 Å². The van der Waals surface area contributed by atoms with Crippen molar-refractivity contribution in [3.05, 3.63) is 17.4 Å². The largest absolute Gasteiger partial charge is 0.380 e. The number of hydrogen-bond acceptors (Lipinski definition) is 6. The van der Waals surface area contributed by atoms with Crippen LogP contribution in [-0.4, -0.2) is 59.3 Å². The molecular weight excluding hydrogens is 294 g/mol. The first kappa shape index (κ1) is 15.9. The summed E-state index contributed by atoms with van der Waals surface area (Å²) < 4.78 is 12.4. The molecule has 8 heteroatoms. The number of halogens is 1. The molecule has 2 rings (SSSR count). The van der Waals surface area contributed by atoms with Gasteiger partial charge in [0.2, 0.25) is 5.28 Å². The first-order chi connectivity index (χ1) is 10.3. The van der Waals surface area contributed by atoms with E-state index >= 15 is 0 Å². The summed E-state index contributed by atoms with van der Waals surface area (Å²) in [6.07, 6.45) is 0. The smallest absolute Gasteiger partial charge is 0.246 e. The van der Waals surface area contributed by atoms with Crippen LogP contribution in [0, 0.1) is 0 Å². The van der Waals surface area contributed by atoms with Crippen LogP contribution in [0.25, 0.3) is 5.65 Å². The van der Waals surface area contributed by atoms with Crippen molar-refractivity contribution in [2.75, 3.05) is 44.4 Å². The number of rotatable bonds is 9. The van der Waals surface area contributed by atoms with Gasteiger partial charge in [-0.2, -0.15) is 4.52 Å². The van der Waals surface area contributed by atoms with E-state index in [1.54, 1.807) is 0 Å². The van der Waals surface area contributed by atoms with Crippen molar-refractivity contribution in [2.45, 2.75) is 13.8 Å². The molecule has 0 unspecified atom stereocenters. The van der Waals surface area contributed by atoms with Crippen LogP contribution in [0.3, 0.4) is 0 Å². The van der Waals surface area contributed by atoms with Gasteiger partial charge in [0.25, 0.3) is 0 Å². The average molecular weight is 314 g/mol. The Bertz CT molecular complexity index is 552. The predicted octanol–water partition coefficient (Wildman–Crippen LogP) is 1.66. The maximum atomic E-state index is 5.96. The molecule has 7 nitrogen and oxygen atoms in total. The van der Waals surface area contributed by atoms with Crippen molar-refractivity contribution in [1.82, 2.24) is 19.8 Å². The molecule has 0 radical (unpaired) electrons. The molecule has 0 aliphatic heterocycles. The lowest BCUT2D eigenvalue weighted by Crippen LogP contribution is -2.32.